The van der Waals surface area contributed by atoms with Crippen LogP contribution in [0.15, 0.2) is 24.3 Å². The summed E-state index contributed by atoms with van der Waals surface area (Å²) in [5.74, 6) is 0.495. The van der Waals surface area contributed by atoms with Crippen molar-refractivity contribution in [2.24, 2.45) is 7.05 Å². The molecule has 1 aromatic heterocycles. The van der Waals surface area contributed by atoms with Crippen LogP contribution in [0.5, 0.6) is 0 Å². The first kappa shape index (κ1) is 19.8. The average molecular weight is 405 g/mol. The highest BCUT2D eigenvalue weighted by Crippen LogP contribution is 2.40. The summed E-state index contributed by atoms with van der Waals surface area (Å²) in [6.45, 7) is 8.40. The van der Waals surface area contributed by atoms with Gasteiger partial charge in [0.05, 0.1) is 16.2 Å². The second-order valence-corrected chi connectivity index (χ2v) is 7.77. The maximum Gasteiger partial charge on any atom is 0.201 e. The number of nitrogens with two attached hydrogens (primary N) is 1. The van der Waals surface area contributed by atoms with Crippen LogP contribution >= 0.6 is 23.2 Å². The molecule has 144 valence electrons. The van der Waals surface area contributed by atoms with Crippen molar-refractivity contribution >= 4 is 45.9 Å². The van der Waals surface area contributed by atoms with E-state index in [1.54, 1.807) is 6.07 Å². The number of hydrogen-bond donors (Lipinski definition) is 1. The normalized spacial score (nSPS) is 11.3. The molecule has 0 aliphatic heterocycles. The molecule has 2 aromatic carbocycles. The molecule has 0 aliphatic carbocycles. The van der Waals surface area contributed by atoms with Gasteiger partial charge in [-0.3, -0.25) is 0 Å². The minimum Gasteiger partial charge on any atom is -0.370 e. The van der Waals surface area contributed by atoms with Gasteiger partial charge in [0.1, 0.15) is 5.52 Å². The molecule has 0 atom stereocenters. The lowest BCUT2D eigenvalue weighted by atomic mass is 9.98. The Morgan fingerprint density at radius 3 is 2.37 bits per heavy atom. The van der Waals surface area contributed by atoms with Crippen LogP contribution in [0.3, 0.4) is 0 Å². The molecule has 3 rings (SSSR count). The van der Waals surface area contributed by atoms with Gasteiger partial charge in [0, 0.05) is 36.3 Å². The van der Waals surface area contributed by atoms with E-state index >= 15 is 0 Å². The van der Waals surface area contributed by atoms with Crippen LogP contribution in [-0.2, 0) is 7.05 Å². The number of imidazole rings is 1. The molecular formula is C21H26Cl2N4. The van der Waals surface area contributed by atoms with E-state index in [2.05, 4.69) is 35.9 Å². The van der Waals surface area contributed by atoms with Gasteiger partial charge in [-0.2, -0.15) is 0 Å². The van der Waals surface area contributed by atoms with Crippen LogP contribution in [-0.4, -0.2) is 22.6 Å². The van der Waals surface area contributed by atoms with E-state index < -0.39 is 0 Å². The molecule has 0 aliphatic rings. The van der Waals surface area contributed by atoms with Gasteiger partial charge in [-0.1, -0.05) is 37.0 Å². The van der Waals surface area contributed by atoms with Crippen molar-refractivity contribution in [2.75, 3.05) is 23.7 Å². The Morgan fingerprint density at radius 2 is 1.78 bits per heavy atom. The third kappa shape index (κ3) is 3.61. The van der Waals surface area contributed by atoms with Crippen molar-refractivity contribution in [3.8, 4) is 11.1 Å². The topological polar surface area (TPSA) is 47.1 Å². The zero-order valence-corrected chi connectivity index (χ0v) is 17.8. The summed E-state index contributed by atoms with van der Waals surface area (Å²) in [5.41, 5.74) is 12.2. The molecule has 3 aromatic rings. The molecular weight excluding hydrogens is 379 g/mol. The number of benzene rings is 2. The van der Waals surface area contributed by atoms with E-state index in [4.69, 9.17) is 28.9 Å². The van der Waals surface area contributed by atoms with Gasteiger partial charge in [-0.05, 0) is 49.6 Å². The van der Waals surface area contributed by atoms with Gasteiger partial charge in [0.15, 0.2) is 0 Å². The molecule has 0 spiro atoms. The van der Waals surface area contributed by atoms with Crippen LogP contribution in [0.2, 0.25) is 10.0 Å². The molecule has 27 heavy (non-hydrogen) atoms. The highest BCUT2D eigenvalue weighted by Gasteiger charge is 2.20. The standard InChI is InChI=1S/C21H26Cl2N4/c1-5-9-27(10-6-2)17-8-7-15(19-20(17)26(4)21(24)25-19)18-13(3)11-14(22)12-16(18)23/h7-8,11-12H,5-6,9-10H2,1-4H3,(H2,24,25). The van der Waals surface area contributed by atoms with E-state index in [1.807, 2.05) is 24.6 Å². The Balaban J connectivity index is 2.30. The Labute approximate surface area is 170 Å². The zero-order chi connectivity index (χ0) is 19.7. The molecule has 0 fully saturated rings. The molecule has 0 saturated heterocycles. The van der Waals surface area contributed by atoms with Crippen LogP contribution in [0.4, 0.5) is 11.6 Å². The number of rotatable bonds is 6. The number of hydrogen-bond acceptors (Lipinski definition) is 3. The lowest BCUT2D eigenvalue weighted by Gasteiger charge is -2.25. The van der Waals surface area contributed by atoms with E-state index in [0.29, 0.717) is 16.0 Å². The first-order valence-corrected chi connectivity index (χ1v) is 10.1. The second kappa shape index (κ2) is 7.99. The maximum atomic E-state index is 6.56. The van der Waals surface area contributed by atoms with E-state index in [-0.39, 0.29) is 0 Å². The Morgan fingerprint density at radius 1 is 1.11 bits per heavy atom. The highest BCUT2D eigenvalue weighted by molar-refractivity contribution is 6.37. The van der Waals surface area contributed by atoms with Crippen LogP contribution in [0.25, 0.3) is 22.2 Å². The summed E-state index contributed by atoms with van der Waals surface area (Å²) in [4.78, 5) is 7.09. The first-order chi connectivity index (χ1) is 12.9. The SMILES string of the molecule is CCCN(CCC)c1ccc(-c2c(C)cc(Cl)cc2Cl)c2nc(N)n(C)c12. The minimum atomic E-state index is 0.495. The van der Waals surface area contributed by atoms with Crippen molar-refractivity contribution < 1.29 is 0 Å². The van der Waals surface area contributed by atoms with Gasteiger partial charge in [0.25, 0.3) is 0 Å². The van der Waals surface area contributed by atoms with Crippen molar-refractivity contribution in [3.63, 3.8) is 0 Å². The van der Waals surface area contributed by atoms with E-state index in [1.165, 1.54) is 0 Å². The Bertz CT molecular complexity index is 949. The van der Waals surface area contributed by atoms with Crippen LogP contribution in [0.1, 0.15) is 32.3 Å². The molecule has 0 bridgehead atoms. The number of aromatic nitrogens is 2. The predicted molar refractivity (Wildman–Crippen MR) is 118 cm³/mol. The fraction of sp³-hybridized carbons (Fsp3) is 0.381. The highest BCUT2D eigenvalue weighted by atomic mass is 35.5. The van der Waals surface area contributed by atoms with E-state index in [0.717, 1.165) is 59.3 Å². The van der Waals surface area contributed by atoms with Gasteiger partial charge in [-0.15, -0.1) is 0 Å². The summed E-state index contributed by atoms with van der Waals surface area (Å²) >= 11 is 12.7. The molecule has 4 nitrogen and oxygen atoms in total. The maximum absolute atomic E-state index is 6.56. The smallest absolute Gasteiger partial charge is 0.201 e. The summed E-state index contributed by atoms with van der Waals surface area (Å²) in [6, 6.07) is 7.96. The number of aryl methyl sites for hydroxylation is 2. The van der Waals surface area contributed by atoms with Crippen LogP contribution < -0.4 is 10.6 Å². The summed E-state index contributed by atoms with van der Waals surface area (Å²) < 4.78 is 1.96. The largest absolute Gasteiger partial charge is 0.370 e. The second-order valence-electron chi connectivity index (χ2n) is 6.93. The number of halogens is 2. The number of fused-ring (bicyclic) bond motifs is 1. The quantitative estimate of drug-likeness (QED) is 0.542. The molecule has 0 radical (unpaired) electrons. The van der Waals surface area contributed by atoms with Crippen molar-refractivity contribution in [3.05, 3.63) is 39.9 Å². The monoisotopic (exact) mass is 404 g/mol. The summed E-state index contributed by atoms with van der Waals surface area (Å²) in [7, 11) is 1.96. The van der Waals surface area contributed by atoms with Crippen molar-refractivity contribution in [2.45, 2.75) is 33.6 Å². The van der Waals surface area contributed by atoms with Gasteiger partial charge in [-0.25, -0.2) is 4.98 Å². The molecule has 0 unspecified atom stereocenters. The van der Waals surface area contributed by atoms with Crippen molar-refractivity contribution in [1.29, 1.82) is 0 Å². The number of anilines is 2. The average Bonchev–Trinajstić information content (AvgIpc) is 2.90. The zero-order valence-electron chi connectivity index (χ0n) is 16.3. The Hall–Kier alpha value is -1.91. The van der Waals surface area contributed by atoms with Crippen LogP contribution in [0, 0.1) is 6.92 Å². The molecule has 1 heterocycles. The number of nitrogen functional groups attached to an aromatic ring is 1. The predicted octanol–water partition coefficient (Wildman–Crippen LogP) is 6.06. The number of nitrogens with zero attached hydrogens (tertiary/aromatic N) is 3. The Kier molecular flexibility index (Phi) is 5.87. The minimum absolute atomic E-state index is 0.495. The summed E-state index contributed by atoms with van der Waals surface area (Å²) in [5, 5.41) is 1.25. The lowest BCUT2D eigenvalue weighted by Crippen LogP contribution is -2.25. The summed E-state index contributed by atoms with van der Waals surface area (Å²) in [6.07, 6.45) is 2.16. The fourth-order valence-electron chi connectivity index (χ4n) is 3.71. The first-order valence-electron chi connectivity index (χ1n) is 9.34. The molecule has 2 N–H and O–H groups in total. The van der Waals surface area contributed by atoms with Gasteiger partial charge < -0.3 is 15.2 Å². The third-order valence-electron chi connectivity index (χ3n) is 4.88. The van der Waals surface area contributed by atoms with Crippen molar-refractivity contribution in [1.82, 2.24) is 9.55 Å². The van der Waals surface area contributed by atoms with E-state index in [9.17, 15) is 0 Å². The molecule has 0 saturated carbocycles. The molecule has 6 heteroatoms. The van der Waals surface area contributed by atoms with Gasteiger partial charge in [0.2, 0.25) is 5.95 Å². The lowest BCUT2D eigenvalue weighted by molar-refractivity contribution is 0.745. The molecule has 0 amide bonds. The third-order valence-corrected chi connectivity index (χ3v) is 5.40. The van der Waals surface area contributed by atoms with Gasteiger partial charge >= 0.3 is 0 Å². The fourth-order valence-corrected chi connectivity index (χ4v) is 4.41.